The quantitative estimate of drug-likeness (QED) is 0.934. The fourth-order valence-electron chi connectivity index (χ4n) is 1.77. The van der Waals surface area contributed by atoms with Crippen molar-refractivity contribution in [2.24, 2.45) is 0 Å². The van der Waals surface area contributed by atoms with E-state index in [1.54, 1.807) is 6.20 Å². The van der Waals surface area contributed by atoms with Gasteiger partial charge >= 0.3 is 0 Å². The summed E-state index contributed by atoms with van der Waals surface area (Å²) in [5.41, 5.74) is 1.20. The summed E-state index contributed by atoms with van der Waals surface area (Å²) in [7, 11) is 0. The summed E-state index contributed by atoms with van der Waals surface area (Å²) in [4.78, 5) is 9.73. The molecule has 0 saturated carbocycles. The molecule has 0 spiro atoms. The number of H-pyrrole nitrogens is 1. The summed E-state index contributed by atoms with van der Waals surface area (Å²) in [6.45, 7) is 5.16. The highest BCUT2D eigenvalue weighted by atomic mass is 79.9. The van der Waals surface area contributed by atoms with E-state index in [2.05, 4.69) is 62.8 Å². The van der Waals surface area contributed by atoms with Crippen LogP contribution in [0.25, 0.3) is 0 Å². The van der Waals surface area contributed by atoms with Crippen molar-refractivity contribution in [2.75, 3.05) is 4.90 Å². The molecular formula is C13H16BrN3. The van der Waals surface area contributed by atoms with Crippen LogP contribution in [0.4, 0.5) is 5.69 Å². The third kappa shape index (κ3) is 3.09. The summed E-state index contributed by atoms with van der Waals surface area (Å²) in [5, 5.41) is 0. The molecule has 1 heterocycles. The highest BCUT2D eigenvalue weighted by Gasteiger charge is 2.12. The van der Waals surface area contributed by atoms with Gasteiger partial charge in [-0.3, -0.25) is 0 Å². The molecule has 0 saturated heterocycles. The normalized spacial score (nSPS) is 10.8. The molecule has 3 nitrogen and oxygen atoms in total. The molecular weight excluding hydrogens is 278 g/mol. The van der Waals surface area contributed by atoms with Crippen LogP contribution in [0.5, 0.6) is 0 Å². The van der Waals surface area contributed by atoms with E-state index in [9.17, 15) is 0 Å². The van der Waals surface area contributed by atoms with E-state index in [1.165, 1.54) is 5.69 Å². The fraction of sp³-hybridized carbons (Fsp3) is 0.308. The minimum Gasteiger partial charge on any atom is -0.362 e. The Morgan fingerprint density at radius 3 is 2.82 bits per heavy atom. The average Bonchev–Trinajstić information content (AvgIpc) is 2.78. The second-order valence-electron chi connectivity index (χ2n) is 4.24. The molecule has 2 rings (SSSR count). The van der Waals surface area contributed by atoms with Gasteiger partial charge in [-0.05, 0) is 32.0 Å². The summed E-state index contributed by atoms with van der Waals surface area (Å²) in [6.07, 6.45) is 3.64. The Morgan fingerprint density at radius 1 is 1.41 bits per heavy atom. The van der Waals surface area contributed by atoms with Crippen molar-refractivity contribution in [1.82, 2.24) is 9.97 Å². The zero-order chi connectivity index (χ0) is 12.3. The van der Waals surface area contributed by atoms with Crippen molar-refractivity contribution in [2.45, 2.75) is 26.4 Å². The number of rotatable bonds is 4. The largest absolute Gasteiger partial charge is 0.362 e. The standard InChI is InChI=1S/C13H16BrN3/c1-10(2)17(9-13-15-6-7-16-13)12-5-3-4-11(14)8-12/h3-8,10H,9H2,1-2H3,(H,15,16). The van der Waals surface area contributed by atoms with Crippen molar-refractivity contribution in [3.8, 4) is 0 Å². The van der Waals surface area contributed by atoms with Crippen LogP contribution in [0.3, 0.4) is 0 Å². The number of nitrogens with zero attached hydrogens (tertiary/aromatic N) is 2. The van der Waals surface area contributed by atoms with Gasteiger partial charge < -0.3 is 9.88 Å². The lowest BCUT2D eigenvalue weighted by Gasteiger charge is -2.28. The lowest BCUT2D eigenvalue weighted by molar-refractivity contribution is 0.666. The van der Waals surface area contributed by atoms with Gasteiger partial charge in [-0.25, -0.2) is 4.98 Å². The minimum atomic E-state index is 0.425. The molecule has 0 aliphatic carbocycles. The first-order valence-corrected chi connectivity index (χ1v) is 6.46. The molecule has 0 bridgehead atoms. The molecule has 90 valence electrons. The number of halogens is 1. The number of hydrogen-bond acceptors (Lipinski definition) is 2. The monoisotopic (exact) mass is 293 g/mol. The molecule has 0 atom stereocenters. The van der Waals surface area contributed by atoms with Gasteiger partial charge in [-0.15, -0.1) is 0 Å². The van der Waals surface area contributed by atoms with Crippen molar-refractivity contribution in [3.63, 3.8) is 0 Å². The van der Waals surface area contributed by atoms with E-state index in [4.69, 9.17) is 0 Å². The van der Waals surface area contributed by atoms with Gasteiger partial charge in [0.15, 0.2) is 0 Å². The molecule has 0 aliphatic rings. The van der Waals surface area contributed by atoms with Gasteiger partial charge in [0.05, 0.1) is 6.54 Å². The first-order chi connectivity index (χ1) is 8.16. The summed E-state index contributed by atoms with van der Waals surface area (Å²) in [5.74, 6) is 0.985. The maximum Gasteiger partial charge on any atom is 0.125 e. The number of aromatic nitrogens is 2. The molecule has 0 radical (unpaired) electrons. The van der Waals surface area contributed by atoms with Crippen LogP contribution >= 0.6 is 15.9 Å². The second-order valence-corrected chi connectivity index (χ2v) is 5.15. The first kappa shape index (κ1) is 12.2. The van der Waals surface area contributed by atoms with E-state index in [0.29, 0.717) is 6.04 Å². The van der Waals surface area contributed by atoms with Gasteiger partial charge in [0, 0.05) is 28.6 Å². The van der Waals surface area contributed by atoms with Crippen LogP contribution in [-0.2, 0) is 6.54 Å². The molecule has 0 aliphatic heterocycles. The number of anilines is 1. The van der Waals surface area contributed by atoms with Crippen LogP contribution in [0.15, 0.2) is 41.1 Å². The number of aromatic amines is 1. The highest BCUT2D eigenvalue weighted by molar-refractivity contribution is 9.10. The molecule has 1 aromatic carbocycles. The Hall–Kier alpha value is -1.29. The number of benzene rings is 1. The molecule has 0 unspecified atom stereocenters. The molecule has 4 heteroatoms. The van der Waals surface area contributed by atoms with Crippen LogP contribution in [-0.4, -0.2) is 16.0 Å². The van der Waals surface area contributed by atoms with Crippen LogP contribution < -0.4 is 4.90 Å². The molecule has 0 fully saturated rings. The summed E-state index contributed by atoms with van der Waals surface area (Å²) < 4.78 is 1.10. The van der Waals surface area contributed by atoms with E-state index in [-0.39, 0.29) is 0 Å². The Morgan fingerprint density at radius 2 is 2.24 bits per heavy atom. The Balaban J connectivity index is 2.23. The van der Waals surface area contributed by atoms with E-state index < -0.39 is 0 Å². The van der Waals surface area contributed by atoms with E-state index >= 15 is 0 Å². The fourth-order valence-corrected chi connectivity index (χ4v) is 2.16. The average molecular weight is 294 g/mol. The van der Waals surface area contributed by atoms with Crippen molar-refractivity contribution >= 4 is 21.6 Å². The van der Waals surface area contributed by atoms with Gasteiger partial charge in [0.1, 0.15) is 5.82 Å². The summed E-state index contributed by atoms with van der Waals surface area (Å²) >= 11 is 3.51. The number of imidazole rings is 1. The van der Waals surface area contributed by atoms with Crippen molar-refractivity contribution in [1.29, 1.82) is 0 Å². The number of hydrogen-bond donors (Lipinski definition) is 1. The third-order valence-corrected chi connectivity index (χ3v) is 3.13. The molecule has 1 N–H and O–H groups in total. The maximum absolute atomic E-state index is 4.28. The molecule has 2 aromatic rings. The second kappa shape index (κ2) is 5.36. The van der Waals surface area contributed by atoms with E-state index in [1.807, 2.05) is 12.3 Å². The Bertz CT molecular complexity index is 465. The predicted octanol–water partition coefficient (Wildman–Crippen LogP) is 3.59. The van der Waals surface area contributed by atoms with Gasteiger partial charge in [-0.2, -0.15) is 0 Å². The zero-order valence-electron chi connectivity index (χ0n) is 10.0. The van der Waals surface area contributed by atoms with E-state index in [0.717, 1.165) is 16.8 Å². The third-order valence-electron chi connectivity index (χ3n) is 2.64. The Kier molecular flexibility index (Phi) is 3.84. The maximum atomic E-state index is 4.28. The minimum absolute atomic E-state index is 0.425. The molecule has 0 amide bonds. The van der Waals surface area contributed by atoms with Crippen molar-refractivity contribution in [3.05, 3.63) is 47.0 Å². The lowest BCUT2D eigenvalue weighted by atomic mass is 10.2. The van der Waals surface area contributed by atoms with Gasteiger partial charge in [0.2, 0.25) is 0 Å². The van der Waals surface area contributed by atoms with Crippen molar-refractivity contribution < 1.29 is 0 Å². The number of nitrogens with one attached hydrogen (secondary N) is 1. The summed E-state index contributed by atoms with van der Waals surface area (Å²) in [6, 6.07) is 8.76. The van der Waals surface area contributed by atoms with Gasteiger partial charge in [-0.1, -0.05) is 22.0 Å². The molecule has 17 heavy (non-hydrogen) atoms. The highest BCUT2D eigenvalue weighted by Crippen LogP contribution is 2.23. The molecule has 1 aromatic heterocycles. The lowest BCUT2D eigenvalue weighted by Crippen LogP contribution is -2.30. The van der Waals surface area contributed by atoms with Crippen LogP contribution in [0, 0.1) is 0 Å². The SMILES string of the molecule is CC(C)N(Cc1ncc[nH]1)c1cccc(Br)c1. The topological polar surface area (TPSA) is 31.9 Å². The Labute approximate surface area is 110 Å². The first-order valence-electron chi connectivity index (χ1n) is 5.67. The predicted molar refractivity (Wildman–Crippen MR) is 74.0 cm³/mol. The van der Waals surface area contributed by atoms with Crippen LogP contribution in [0.1, 0.15) is 19.7 Å². The smallest absolute Gasteiger partial charge is 0.125 e. The zero-order valence-corrected chi connectivity index (χ0v) is 11.6. The van der Waals surface area contributed by atoms with Crippen LogP contribution in [0.2, 0.25) is 0 Å². The van der Waals surface area contributed by atoms with Gasteiger partial charge in [0.25, 0.3) is 0 Å².